The fraction of sp³-hybridized carbons (Fsp3) is 0.115. The molecule has 57 heavy (non-hydrogen) atoms. The number of furan rings is 1. The molecular formula is C52H40N4O. The zero-order valence-corrected chi connectivity index (χ0v) is 31.6. The molecule has 5 heteroatoms. The van der Waals surface area contributed by atoms with E-state index in [1.165, 1.54) is 33.4 Å². The van der Waals surface area contributed by atoms with Gasteiger partial charge in [0.1, 0.15) is 11.2 Å². The first kappa shape index (κ1) is 35.5. The van der Waals surface area contributed by atoms with Crippen LogP contribution >= 0.6 is 0 Å². The largest absolute Gasteiger partial charge is 0.455 e. The quantitative estimate of drug-likeness (QED) is 0.125. The zero-order valence-electron chi connectivity index (χ0n) is 31.6. The molecule has 0 aliphatic heterocycles. The molecule has 9 rings (SSSR count). The first-order valence-corrected chi connectivity index (χ1v) is 19.6. The minimum Gasteiger partial charge on any atom is -0.455 e. The number of nitrogens with zero attached hydrogens (tertiary/aromatic N) is 4. The van der Waals surface area contributed by atoms with Gasteiger partial charge in [0.15, 0.2) is 0 Å². The maximum absolute atomic E-state index is 9.38. The number of hydrogen-bond acceptors (Lipinski definition) is 5. The molecule has 0 atom stereocenters. The van der Waals surface area contributed by atoms with Gasteiger partial charge in [0.25, 0.3) is 0 Å². The third-order valence-corrected chi connectivity index (χ3v) is 10.7. The fourth-order valence-corrected chi connectivity index (χ4v) is 7.64. The van der Waals surface area contributed by atoms with E-state index in [4.69, 9.17) is 19.4 Å². The lowest BCUT2D eigenvalue weighted by atomic mass is 9.94. The summed E-state index contributed by atoms with van der Waals surface area (Å²) < 4.78 is 6.28. The second-order valence-corrected chi connectivity index (χ2v) is 14.7. The molecule has 5 nitrogen and oxygen atoms in total. The topological polar surface area (TPSA) is 75.6 Å². The van der Waals surface area contributed by atoms with Crippen molar-refractivity contribution in [3.63, 3.8) is 0 Å². The van der Waals surface area contributed by atoms with Gasteiger partial charge < -0.3 is 4.42 Å². The molecule has 5 aromatic carbocycles. The van der Waals surface area contributed by atoms with Gasteiger partial charge in [-0.15, -0.1) is 0 Å². The number of nitriles is 1. The number of para-hydroxylation sites is 1. The molecule has 4 heterocycles. The molecule has 0 saturated carbocycles. The van der Waals surface area contributed by atoms with E-state index in [1.54, 1.807) is 6.07 Å². The number of aromatic nitrogens is 3. The summed E-state index contributed by atoms with van der Waals surface area (Å²) in [7, 11) is 0. The molecule has 0 aliphatic carbocycles. The molecule has 0 radical (unpaired) electrons. The maximum Gasteiger partial charge on any atom is 0.144 e. The number of hydrogen-bond donors (Lipinski definition) is 0. The Labute approximate surface area is 333 Å². The molecule has 9 aromatic rings. The molecule has 0 spiro atoms. The molecule has 0 saturated heterocycles. The lowest BCUT2D eigenvalue weighted by Crippen LogP contribution is -2.00. The molecule has 0 aliphatic rings. The van der Waals surface area contributed by atoms with Crippen molar-refractivity contribution in [3.05, 3.63) is 209 Å². The Hall–Kier alpha value is -7.16. The van der Waals surface area contributed by atoms with E-state index in [9.17, 15) is 5.26 Å². The highest BCUT2D eigenvalue weighted by Crippen LogP contribution is 2.35. The third-order valence-electron chi connectivity index (χ3n) is 10.7. The summed E-state index contributed by atoms with van der Waals surface area (Å²) in [6.07, 6.45) is 11.6. The summed E-state index contributed by atoms with van der Waals surface area (Å²) in [6.45, 7) is 0. The normalized spacial score (nSPS) is 11.2. The van der Waals surface area contributed by atoms with Gasteiger partial charge in [-0.2, -0.15) is 5.26 Å². The fourth-order valence-electron chi connectivity index (χ4n) is 7.64. The Morgan fingerprint density at radius 2 is 0.912 bits per heavy atom. The van der Waals surface area contributed by atoms with E-state index in [0.717, 1.165) is 88.7 Å². The molecule has 0 amide bonds. The Morgan fingerprint density at radius 3 is 1.39 bits per heavy atom. The van der Waals surface area contributed by atoms with Crippen molar-refractivity contribution in [1.82, 2.24) is 15.0 Å². The molecule has 4 aromatic heterocycles. The maximum atomic E-state index is 9.38. The smallest absolute Gasteiger partial charge is 0.144 e. The van der Waals surface area contributed by atoms with Crippen LogP contribution in [-0.4, -0.2) is 15.0 Å². The predicted octanol–water partition coefficient (Wildman–Crippen LogP) is 12.0. The summed E-state index contributed by atoms with van der Waals surface area (Å²) in [5.74, 6) is 0. The van der Waals surface area contributed by atoms with Crippen molar-refractivity contribution in [1.29, 1.82) is 5.26 Å². The van der Waals surface area contributed by atoms with Crippen LogP contribution in [0.2, 0.25) is 0 Å². The van der Waals surface area contributed by atoms with Crippen LogP contribution in [0.25, 0.3) is 55.7 Å². The molecule has 0 N–H and O–H groups in total. The lowest BCUT2D eigenvalue weighted by molar-refractivity contribution is 0.669. The van der Waals surface area contributed by atoms with Crippen LogP contribution in [0.1, 0.15) is 38.9 Å². The Balaban J connectivity index is 0.917. The average Bonchev–Trinajstić information content (AvgIpc) is 3.66. The van der Waals surface area contributed by atoms with Crippen LogP contribution in [0.5, 0.6) is 0 Å². The Morgan fingerprint density at radius 1 is 0.421 bits per heavy atom. The summed E-state index contributed by atoms with van der Waals surface area (Å²) in [6, 6.07) is 54.7. The van der Waals surface area contributed by atoms with Crippen molar-refractivity contribution >= 4 is 21.9 Å². The highest BCUT2D eigenvalue weighted by atomic mass is 16.3. The minimum absolute atomic E-state index is 0.584. The molecule has 274 valence electrons. The van der Waals surface area contributed by atoms with Gasteiger partial charge in [0.05, 0.1) is 28.7 Å². The van der Waals surface area contributed by atoms with Gasteiger partial charge in [-0.25, -0.2) is 0 Å². The summed E-state index contributed by atoms with van der Waals surface area (Å²) in [5.41, 5.74) is 15.9. The van der Waals surface area contributed by atoms with Crippen LogP contribution in [0.15, 0.2) is 175 Å². The van der Waals surface area contributed by atoms with Crippen LogP contribution in [-0.2, 0) is 38.5 Å². The molecule has 0 unspecified atom stereocenters. The van der Waals surface area contributed by atoms with Crippen LogP contribution in [0, 0.1) is 11.3 Å². The number of rotatable bonds is 12. The second kappa shape index (κ2) is 16.3. The minimum atomic E-state index is 0.584. The summed E-state index contributed by atoms with van der Waals surface area (Å²) >= 11 is 0. The second-order valence-electron chi connectivity index (χ2n) is 14.7. The standard InChI is InChI=1S/C52H40N4O/c53-32-42-20-24-45-46-12-7-13-47(52(46)57-51(45)31-42)50-27-23-38(35-56-50)16-19-41-29-39(17-14-36-21-25-48(54-33-36)43-8-3-1-4-9-43)28-40(30-41)18-15-37-22-26-49(55-34-37)44-10-5-2-6-11-44/h1-13,20-31,33-35H,14-19H2. The predicted molar refractivity (Wildman–Crippen MR) is 230 cm³/mol. The van der Waals surface area contributed by atoms with Crippen molar-refractivity contribution < 1.29 is 4.42 Å². The average molecular weight is 737 g/mol. The molecule has 0 fully saturated rings. The van der Waals surface area contributed by atoms with Gasteiger partial charge >= 0.3 is 0 Å². The highest BCUT2D eigenvalue weighted by Gasteiger charge is 2.14. The van der Waals surface area contributed by atoms with Gasteiger partial charge in [-0.05, 0) is 114 Å². The first-order chi connectivity index (χ1) is 28.1. The van der Waals surface area contributed by atoms with Gasteiger partial charge in [-0.3, -0.25) is 15.0 Å². The number of pyridine rings is 3. The Bertz CT molecular complexity index is 2720. The van der Waals surface area contributed by atoms with Crippen molar-refractivity contribution in [2.24, 2.45) is 0 Å². The monoisotopic (exact) mass is 736 g/mol. The lowest BCUT2D eigenvalue weighted by Gasteiger charge is -2.12. The number of benzene rings is 5. The van der Waals surface area contributed by atoms with Crippen molar-refractivity contribution in [3.8, 4) is 39.8 Å². The SMILES string of the molecule is N#Cc1ccc2c(c1)oc1c(-c3ccc(CCc4cc(CCc5ccc(-c6ccccc6)nc5)cc(CCc5ccc(-c6ccccc6)nc5)c4)cn3)cccc12. The Kier molecular flexibility index (Phi) is 10.2. The van der Waals surface area contributed by atoms with E-state index < -0.39 is 0 Å². The molecular weight excluding hydrogens is 697 g/mol. The van der Waals surface area contributed by atoms with Crippen molar-refractivity contribution in [2.75, 3.05) is 0 Å². The molecule has 0 bridgehead atoms. The third kappa shape index (κ3) is 8.12. The van der Waals surface area contributed by atoms with Crippen LogP contribution in [0.3, 0.4) is 0 Å². The number of fused-ring (bicyclic) bond motifs is 3. The van der Waals surface area contributed by atoms with E-state index >= 15 is 0 Å². The van der Waals surface area contributed by atoms with Gasteiger partial charge in [0.2, 0.25) is 0 Å². The van der Waals surface area contributed by atoms with Gasteiger partial charge in [0, 0.05) is 46.1 Å². The summed E-state index contributed by atoms with van der Waals surface area (Å²) in [5, 5.41) is 11.4. The van der Waals surface area contributed by atoms with Crippen LogP contribution < -0.4 is 0 Å². The van der Waals surface area contributed by atoms with E-state index in [-0.39, 0.29) is 0 Å². The number of aryl methyl sites for hydroxylation is 6. The van der Waals surface area contributed by atoms with Crippen molar-refractivity contribution in [2.45, 2.75) is 38.5 Å². The zero-order chi connectivity index (χ0) is 38.4. The van der Waals surface area contributed by atoms with E-state index in [2.05, 4.69) is 115 Å². The first-order valence-electron chi connectivity index (χ1n) is 19.6. The van der Waals surface area contributed by atoms with E-state index in [0.29, 0.717) is 11.1 Å². The highest BCUT2D eigenvalue weighted by molar-refractivity contribution is 6.09. The summed E-state index contributed by atoms with van der Waals surface area (Å²) in [4.78, 5) is 14.5. The van der Waals surface area contributed by atoms with Crippen LogP contribution in [0.4, 0.5) is 0 Å². The van der Waals surface area contributed by atoms with E-state index in [1.807, 2.05) is 55.0 Å². The van der Waals surface area contributed by atoms with Gasteiger partial charge in [-0.1, -0.05) is 109 Å².